The molecule has 15 heavy (non-hydrogen) atoms. The third-order valence-electron chi connectivity index (χ3n) is 2.27. The summed E-state index contributed by atoms with van der Waals surface area (Å²) in [6.07, 6.45) is 0. The predicted molar refractivity (Wildman–Crippen MR) is 58.7 cm³/mol. The van der Waals surface area contributed by atoms with E-state index >= 15 is 0 Å². The number of aromatic carboxylic acids is 1. The number of ether oxygens (including phenoxy) is 1. The number of carboxylic acid groups (broad SMARTS) is 1. The number of rotatable bonds is 2. The fourth-order valence-electron chi connectivity index (χ4n) is 1.48. The first-order valence-electron chi connectivity index (χ1n) is 4.78. The second-order valence-electron chi connectivity index (χ2n) is 4.47. The molecule has 0 radical (unpaired) electrons. The first kappa shape index (κ1) is 11.6. The highest BCUT2D eigenvalue weighted by Crippen LogP contribution is 2.28. The maximum atomic E-state index is 11.1. The molecule has 1 N–H and O–H groups in total. The molecule has 82 valence electrons. The van der Waals surface area contributed by atoms with Gasteiger partial charge in [-0.05, 0) is 23.1 Å². The van der Waals surface area contributed by atoms with E-state index in [0.29, 0.717) is 11.3 Å². The second-order valence-corrected chi connectivity index (χ2v) is 4.47. The Hall–Kier alpha value is -1.51. The molecule has 0 bridgehead atoms. The lowest BCUT2D eigenvalue weighted by Crippen LogP contribution is -2.16. The zero-order valence-corrected chi connectivity index (χ0v) is 9.50. The summed E-state index contributed by atoms with van der Waals surface area (Å²) in [5.41, 5.74) is 0.942. The van der Waals surface area contributed by atoms with Gasteiger partial charge in [-0.25, -0.2) is 4.79 Å². The molecule has 0 saturated carbocycles. The first-order valence-corrected chi connectivity index (χ1v) is 4.78. The van der Waals surface area contributed by atoms with Crippen molar-refractivity contribution in [3.63, 3.8) is 0 Å². The Morgan fingerprint density at radius 3 is 2.33 bits per heavy atom. The van der Waals surface area contributed by atoms with Crippen molar-refractivity contribution in [2.24, 2.45) is 0 Å². The van der Waals surface area contributed by atoms with Crippen LogP contribution in [0.5, 0.6) is 5.75 Å². The highest BCUT2D eigenvalue weighted by molar-refractivity contribution is 5.90. The smallest absolute Gasteiger partial charge is 0.336 e. The fraction of sp³-hybridized carbons (Fsp3) is 0.417. The summed E-state index contributed by atoms with van der Waals surface area (Å²) in [6, 6.07) is 5.15. The van der Waals surface area contributed by atoms with Gasteiger partial charge in [0.05, 0.1) is 12.7 Å². The zero-order chi connectivity index (χ0) is 11.6. The monoisotopic (exact) mass is 208 g/mol. The van der Waals surface area contributed by atoms with Crippen molar-refractivity contribution >= 4 is 5.97 Å². The normalized spacial score (nSPS) is 11.2. The molecule has 0 heterocycles. The molecule has 0 fully saturated rings. The quantitative estimate of drug-likeness (QED) is 0.812. The van der Waals surface area contributed by atoms with Gasteiger partial charge in [-0.1, -0.05) is 26.8 Å². The van der Waals surface area contributed by atoms with E-state index in [2.05, 4.69) is 0 Å². The van der Waals surface area contributed by atoms with Crippen molar-refractivity contribution in [2.75, 3.05) is 7.11 Å². The molecule has 1 aromatic carbocycles. The average molecular weight is 208 g/mol. The molecule has 0 saturated heterocycles. The maximum absolute atomic E-state index is 11.1. The largest absolute Gasteiger partial charge is 0.497 e. The Bertz CT molecular complexity index is 375. The molecular weight excluding hydrogens is 192 g/mol. The van der Waals surface area contributed by atoms with E-state index < -0.39 is 5.97 Å². The van der Waals surface area contributed by atoms with Gasteiger partial charge < -0.3 is 9.84 Å². The Kier molecular flexibility index (Phi) is 3.03. The summed E-state index contributed by atoms with van der Waals surface area (Å²) in [6.45, 7) is 5.96. The molecule has 0 spiro atoms. The minimum absolute atomic E-state index is 0.181. The van der Waals surface area contributed by atoms with Gasteiger partial charge in [-0.15, -0.1) is 0 Å². The fourth-order valence-corrected chi connectivity index (χ4v) is 1.48. The number of hydrogen-bond acceptors (Lipinski definition) is 2. The Morgan fingerprint density at radius 2 is 1.93 bits per heavy atom. The lowest BCUT2D eigenvalue weighted by Gasteiger charge is -2.21. The van der Waals surface area contributed by atoms with Crippen molar-refractivity contribution in [1.82, 2.24) is 0 Å². The van der Waals surface area contributed by atoms with Gasteiger partial charge in [0.15, 0.2) is 0 Å². The molecule has 0 aliphatic rings. The summed E-state index contributed by atoms with van der Waals surface area (Å²) in [5, 5.41) is 9.09. The van der Waals surface area contributed by atoms with Gasteiger partial charge in [-0.3, -0.25) is 0 Å². The number of hydrogen-bond donors (Lipinski definition) is 1. The number of benzene rings is 1. The minimum atomic E-state index is -0.918. The van der Waals surface area contributed by atoms with Crippen molar-refractivity contribution in [3.05, 3.63) is 29.3 Å². The van der Waals surface area contributed by atoms with Crippen molar-refractivity contribution < 1.29 is 14.6 Å². The molecule has 0 atom stereocenters. The maximum Gasteiger partial charge on any atom is 0.336 e. The Morgan fingerprint density at radius 1 is 1.33 bits per heavy atom. The van der Waals surface area contributed by atoms with Crippen LogP contribution in [0.2, 0.25) is 0 Å². The number of carbonyl (C=O) groups is 1. The van der Waals surface area contributed by atoms with Crippen molar-refractivity contribution in [3.8, 4) is 5.75 Å². The van der Waals surface area contributed by atoms with Gasteiger partial charge in [0.25, 0.3) is 0 Å². The van der Waals surface area contributed by atoms with E-state index in [4.69, 9.17) is 9.84 Å². The van der Waals surface area contributed by atoms with Gasteiger partial charge >= 0.3 is 5.97 Å². The van der Waals surface area contributed by atoms with Crippen LogP contribution in [-0.4, -0.2) is 18.2 Å². The van der Waals surface area contributed by atoms with Crippen LogP contribution >= 0.6 is 0 Å². The summed E-state index contributed by atoms with van der Waals surface area (Å²) in [7, 11) is 1.53. The van der Waals surface area contributed by atoms with Crippen molar-refractivity contribution in [1.29, 1.82) is 0 Å². The molecule has 0 aliphatic heterocycles. The third-order valence-corrected chi connectivity index (χ3v) is 2.27. The van der Waals surface area contributed by atoms with Crippen LogP contribution in [0.25, 0.3) is 0 Å². The molecule has 1 aromatic rings. The molecule has 3 nitrogen and oxygen atoms in total. The molecule has 0 aromatic heterocycles. The summed E-state index contributed by atoms with van der Waals surface area (Å²) in [4.78, 5) is 11.1. The van der Waals surface area contributed by atoms with Crippen molar-refractivity contribution in [2.45, 2.75) is 26.2 Å². The van der Waals surface area contributed by atoms with Crippen LogP contribution in [0, 0.1) is 0 Å². The Labute approximate surface area is 89.7 Å². The first-order chi connectivity index (χ1) is 6.86. The number of methoxy groups -OCH3 is 1. The van der Waals surface area contributed by atoms with Crippen LogP contribution in [0.4, 0.5) is 0 Å². The van der Waals surface area contributed by atoms with E-state index in [1.165, 1.54) is 7.11 Å². The van der Waals surface area contributed by atoms with Crippen LogP contribution in [-0.2, 0) is 5.41 Å². The predicted octanol–water partition coefficient (Wildman–Crippen LogP) is 2.69. The van der Waals surface area contributed by atoms with Crippen LogP contribution in [0.15, 0.2) is 18.2 Å². The molecule has 0 unspecified atom stereocenters. The minimum Gasteiger partial charge on any atom is -0.497 e. The van der Waals surface area contributed by atoms with E-state index in [9.17, 15) is 4.79 Å². The van der Waals surface area contributed by atoms with Crippen LogP contribution in [0.1, 0.15) is 36.7 Å². The van der Waals surface area contributed by atoms with Gasteiger partial charge in [0, 0.05) is 0 Å². The second kappa shape index (κ2) is 3.93. The van der Waals surface area contributed by atoms with Gasteiger partial charge in [0.2, 0.25) is 0 Å². The van der Waals surface area contributed by atoms with Gasteiger partial charge in [-0.2, -0.15) is 0 Å². The lowest BCUT2D eigenvalue weighted by atomic mass is 9.83. The zero-order valence-electron chi connectivity index (χ0n) is 9.50. The summed E-state index contributed by atoms with van der Waals surface area (Å²) >= 11 is 0. The van der Waals surface area contributed by atoms with Crippen LogP contribution in [0.3, 0.4) is 0 Å². The molecule has 3 heteroatoms. The highest BCUT2D eigenvalue weighted by atomic mass is 16.5. The lowest BCUT2D eigenvalue weighted by molar-refractivity contribution is 0.0693. The van der Waals surface area contributed by atoms with E-state index in [1.807, 2.05) is 26.8 Å². The highest BCUT2D eigenvalue weighted by Gasteiger charge is 2.21. The third kappa shape index (κ3) is 2.49. The summed E-state index contributed by atoms with van der Waals surface area (Å²) in [5.74, 6) is -0.348. The van der Waals surface area contributed by atoms with E-state index in [0.717, 1.165) is 5.56 Å². The molecule has 0 amide bonds. The van der Waals surface area contributed by atoms with E-state index in [-0.39, 0.29) is 5.41 Å². The molecule has 1 rings (SSSR count). The molecular formula is C12H16O3. The van der Waals surface area contributed by atoms with Gasteiger partial charge in [0.1, 0.15) is 5.75 Å². The SMILES string of the molecule is COc1ccc(C(C)(C)C)c(C(=O)O)c1. The molecule has 0 aliphatic carbocycles. The topological polar surface area (TPSA) is 46.5 Å². The van der Waals surface area contributed by atoms with E-state index in [1.54, 1.807) is 12.1 Å². The summed E-state index contributed by atoms with van der Waals surface area (Å²) < 4.78 is 5.01. The number of carboxylic acids is 1. The standard InChI is InChI=1S/C12H16O3/c1-12(2,3)10-6-5-8(15-4)7-9(10)11(13)14/h5-7H,1-4H3,(H,13,14). The Balaban J connectivity index is 3.34. The average Bonchev–Trinajstić information content (AvgIpc) is 2.15. The van der Waals surface area contributed by atoms with Crippen LogP contribution < -0.4 is 4.74 Å².